The summed E-state index contributed by atoms with van der Waals surface area (Å²) in [4.78, 5) is 92.8. The highest BCUT2D eigenvalue weighted by Gasteiger charge is 2.36. The van der Waals surface area contributed by atoms with E-state index in [9.17, 15) is 33.9 Å². The van der Waals surface area contributed by atoms with Crippen molar-refractivity contribution in [3.63, 3.8) is 0 Å². The molecule has 0 saturated heterocycles. The van der Waals surface area contributed by atoms with Gasteiger partial charge in [-0.1, -0.05) is 77.8 Å². The number of methoxy groups -OCH3 is 2. The molecular weight excluding hydrogens is 1070 g/mol. The summed E-state index contributed by atoms with van der Waals surface area (Å²) >= 11 is 12.5. The number of carbonyl (C=O) groups is 6. The average Bonchev–Trinajstić information content (AvgIpc) is 3.45. The van der Waals surface area contributed by atoms with Gasteiger partial charge < -0.3 is 96.0 Å². The lowest BCUT2D eigenvalue weighted by atomic mass is 10.1. The number of primary amides is 1. The average molecular weight is 1130 g/mol. The number of anilines is 1. The molecule has 0 spiro atoms. The second kappa shape index (κ2) is 27.5. The molecule has 416 valence electrons. The van der Waals surface area contributed by atoms with Crippen LogP contribution < -0.4 is 90.9 Å². The van der Waals surface area contributed by atoms with Crippen LogP contribution in [-0.4, -0.2) is 119 Å². The molecule has 6 atom stereocenters. The van der Waals surface area contributed by atoms with Crippen molar-refractivity contribution in [1.82, 2.24) is 57.8 Å². The molecule has 1 heterocycles. The maximum absolute atomic E-state index is 14.7. The molecule has 0 aliphatic heterocycles. The third kappa shape index (κ3) is 17.2. The molecule has 1 aromatic heterocycles. The van der Waals surface area contributed by atoms with Crippen molar-refractivity contribution in [2.45, 2.75) is 43.5 Å². The number of amides is 6. The van der Waals surface area contributed by atoms with Crippen LogP contribution in [0.15, 0.2) is 103 Å². The van der Waals surface area contributed by atoms with Crippen molar-refractivity contribution in [2.75, 3.05) is 19.1 Å². The molecule has 5 aromatic rings. The first-order chi connectivity index (χ1) is 37.5. The number of benzene rings is 4. The molecule has 0 saturated carbocycles. The summed E-state index contributed by atoms with van der Waals surface area (Å²) in [6.07, 6.45) is -10.3. The van der Waals surface area contributed by atoms with Crippen molar-refractivity contribution in [1.29, 1.82) is 21.6 Å². The molecule has 0 aliphatic rings. The number of guanidine groups is 4. The quantitative estimate of drug-likeness (QED) is 0.0173. The Labute approximate surface area is 459 Å². The van der Waals surface area contributed by atoms with Gasteiger partial charge in [-0.05, 0) is 48.0 Å². The highest BCUT2D eigenvalue weighted by Crippen LogP contribution is 2.32. The van der Waals surface area contributed by atoms with Crippen LogP contribution in [0.25, 0.3) is 22.5 Å². The van der Waals surface area contributed by atoms with Crippen LogP contribution in [0.2, 0.25) is 10.0 Å². The van der Waals surface area contributed by atoms with Crippen LogP contribution in [0.3, 0.4) is 0 Å². The van der Waals surface area contributed by atoms with Gasteiger partial charge in [-0.15, -0.1) is 0 Å². The molecule has 5 rings (SSSR count). The number of aliphatic hydroxyl groups is 1. The molecule has 4 aromatic carbocycles. The summed E-state index contributed by atoms with van der Waals surface area (Å²) in [6, 6.07) is 25.6. The number of aliphatic hydroxyl groups excluding tert-OH is 1. The smallest absolute Gasteiger partial charge is 0.271 e. The van der Waals surface area contributed by atoms with E-state index in [1.54, 1.807) is 78.9 Å². The van der Waals surface area contributed by atoms with Crippen molar-refractivity contribution in [2.24, 2.45) is 28.7 Å². The van der Waals surface area contributed by atoms with E-state index in [0.29, 0.717) is 43.9 Å². The molecule has 0 fully saturated rings. The predicted molar refractivity (Wildman–Crippen MR) is 289 cm³/mol. The zero-order valence-corrected chi connectivity index (χ0v) is 43.2. The molecule has 24 N–H and O–H groups in total. The molecule has 32 heteroatoms. The van der Waals surface area contributed by atoms with Gasteiger partial charge in [0.15, 0.2) is 48.5 Å². The van der Waals surface area contributed by atoms with Crippen LogP contribution >= 0.6 is 23.2 Å². The fraction of sp³-hybridized carbons (Fsp3) is 0.191. The largest absolute Gasteiger partial charge is 0.497 e. The van der Waals surface area contributed by atoms with Crippen LogP contribution in [-0.2, 0) is 35.3 Å². The van der Waals surface area contributed by atoms with Crippen LogP contribution in [0.5, 0.6) is 11.5 Å². The summed E-state index contributed by atoms with van der Waals surface area (Å²) in [5, 5.41) is 63.4. The normalized spacial score (nSPS) is 12.9. The minimum absolute atomic E-state index is 0.0896. The summed E-state index contributed by atoms with van der Waals surface area (Å²) in [5.41, 5.74) is 29.4. The van der Waals surface area contributed by atoms with E-state index < -0.39 is 96.2 Å². The van der Waals surface area contributed by atoms with Gasteiger partial charge in [-0.2, -0.15) is 0 Å². The molecule has 30 nitrogen and oxygen atoms in total. The Bertz CT molecular complexity index is 3020. The number of nitrogens with one attached hydrogen (secondary N) is 13. The maximum atomic E-state index is 14.7. The number of nitrogens with two attached hydrogens (primary N) is 5. The lowest BCUT2D eigenvalue weighted by Gasteiger charge is -2.30. The first-order valence-corrected chi connectivity index (χ1v) is 23.6. The molecule has 0 aliphatic carbocycles. The molecule has 6 unspecified atom stereocenters. The van der Waals surface area contributed by atoms with Crippen molar-refractivity contribution < 1.29 is 43.3 Å². The summed E-state index contributed by atoms with van der Waals surface area (Å²) < 4.78 is 11.1. The van der Waals surface area contributed by atoms with Crippen molar-refractivity contribution in [3.05, 3.63) is 124 Å². The Kier molecular flexibility index (Phi) is 20.8. The maximum Gasteiger partial charge on any atom is 0.271 e. The van der Waals surface area contributed by atoms with Gasteiger partial charge >= 0.3 is 0 Å². The highest BCUT2D eigenvalue weighted by molar-refractivity contribution is 6.31. The molecule has 0 bridgehead atoms. The minimum Gasteiger partial charge on any atom is -0.497 e. The van der Waals surface area contributed by atoms with E-state index in [2.05, 4.69) is 42.5 Å². The zero-order valence-electron chi connectivity index (χ0n) is 41.7. The van der Waals surface area contributed by atoms with Gasteiger partial charge in [-0.3, -0.25) is 50.4 Å². The van der Waals surface area contributed by atoms with Gasteiger partial charge in [0.25, 0.3) is 29.5 Å². The van der Waals surface area contributed by atoms with E-state index >= 15 is 0 Å². The van der Waals surface area contributed by atoms with Gasteiger partial charge in [-0.25, -0.2) is 9.97 Å². The van der Waals surface area contributed by atoms with E-state index in [1.807, 2.05) is 5.32 Å². The Morgan fingerprint density at radius 3 is 1.39 bits per heavy atom. The fourth-order valence-corrected chi connectivity index (χ4v) is 7.29. The van der Waals surface area contributed by atoms with Crippen molar-refractivity contribution in [3.8, 4) is 34.0 Å². The fourth-order valence-electron chi connectivity index (χ4n) is 7.04. The van der Waals surface area contributed by atoms with E-state index in [4.69, 9.17) is 92.9 Å². The lowest BCUT2D eigenvalue weighted by molar-refractivity contribution is -0.136. The summed E-state index contributed by atoms with van der Waals surface area (Å²) in [7, 11) is 2.86. The first kappa shape index (κ1) is 59.7. The van der Waals surface area contributed by atoms with E-state index in [-0.39, 0.29) is 23.8 Å². The zero-order chi connectivity index (χ0) is 58.1. The minimum atomic E-state index is -2.23. The van der Waals surface area contributed by atoms with E-state index in [0.717, 1.165) is 4.90 Å². The summed E-state index contributed by atoms with van der Waals surface area (Å²) in [5.74, 6) is -10.7. The van der Waals surface area contributed by atoms with Crippen LogP contribution in [0.1, 0.15) is 17.2 Å². The number of ether oxygens (including phenoxy) is 2. The van der Waals surface area contributed by atoms with Gasteiger partial charge in [0, 0.05) is 32.8 Å². The standard InChI is InChI=1S/C47H55Cl2N21O9/c1-78-27-17-12-24(30(18-27)79-2)20-70(47-59-28(21-8-13-25(48)14-9-21)19-29(60-47)22-10-15-26(49)16-11-22)42(77)41(76)61-31(23-6-4-3-5-7-23)37(72)63-34(67-44(53)54)39(74)65-36(69-46(57)58)40(75)64-35(68-45(55)56)38(73)62-33(32(50)71)66-43(51)52/h3-19,31,33-36,42,77H,20H2,1-2H3,(H2,50,71)(H,61,76)(H,62,73)(H,63,72)(H,64,75)(H,65,74)(H4,51,52,66)(H4,53,54,67)(H4,55,56,68)(H4,57,58,69). The Morgan fingerprint density at radius 1 is 0.544 bits per heavy atom. The Balaban J connectivity index is 1.51. The third-order valence-electron chi connectivity index (χ3n) is 10.7. The number of hydrogen-bond acceptors (Lipinski definition) is 16. The Hall–Kier alpha value is -10.2. The summed E-state index contributed by atoms with van der Waals surface area (Å²) in [6.45, 7) is -0.316. The second-order valence-electron chi connectivity index (χ2n) is 16.4. The Morgan fingerprint density at radius 2 is 0.975 bits per heavy atom. The molecule has 0 radical (unpaired) electrons. The van der Waals surface area contributed by atoms with Gasteiger partial charge in [0.1, 0.15) is 17.5 Å². The SMILES string of the molecule is COc1ccc(CN(c2nc(-c3ccc(Cl)cc3)cc(-c3ccc(Cl)cc3)n2)C(O)C(=O)NC(C(=O)NC(NC(=N)N)C(=O)NC(NC(=N)N)C(=O)NC(NC(=N)N)C(=O)NC(NC(=N)N)C(N)=O)c2ccccc2)c(OC)c1. The van der Waals surface area contributed by atoms with Crippen molar-refractivity contribution >= 4 is 88.4 Å². The second-order valence-corrected chi connectivity index (χ2v) is 17.3. The van der Waals surface area contributed by atoms with Crippen LogP contribution in [0.4, 0.5) is 5.95 Å². The molecular formula is C47H55Cl2N21O9. The monoisotopic (exact) mass is 1130 g/mol. The number of nitrogens with zero attached hydrogens (tertiary/aromatic N) is 3. The number of carbonyl (C=O) groups excluding carboxylic acids is 6. The number of hydrogen-bond donors (Lipinski definition) is 19. The van der Waals surface area contributed by atoms with Gasteiger partial charge in [0.05, 0.1) is 32.2 Å². The van der Waals surface area contributed by atoms with E-state index in [1.165, 1.54) is 38.5 Å². The highest BCUT2D eigenvalue weighted by atomic mass is 35.5. The third-order valence-corrected chi connectivity index (χ3v) is 11.2. The van der Waals surface area contributed by atoms with Gasteiger partial charge in [0.2, 0.25) is 18.1 Å². The number of aromatic nitrogens is 2. The lowest BCUT2D eigenvalue weighted by Crippen LogP contribution is -2.68. The van der Waals surface area contributed by atoms with Crippen LogP contribution in [0, 0.1) is 21.6 Å². The number of rotatable bonds is 24. The number of halogens is 2. The molecule has 6 amide bonds. The first-order valence-electron chi connectivity index (χ1n) is 22.8. The topological polar surface area (TPSA) is 504 Å². The molecule has 79 heavy (non-hydrogen) atoms. The predicted octanol–water partition coefficient (Wildman–Crippen LogP) is -2.50.